The Morgan fingerprint density at radius 3 is 2.53 bits per heavy atom. The van der Waals surface area contributed by atoms with Crippen molar-refractivity contribution in [3.05, 3.63) is 47.5 Å². The molecular formula is C23H28N6O3. The third-order valence-electron chi connectivity index (χ3n) is 5.34. The first-order valence-corrected chi connectivity index (χ1v) is 10.9. The molecular weight excluding hydrogens is 408 g/mol. The van der Waals surface area contributed by atoms with Crippen LogP contribution in [-0.2, 0) is 11.2 Å². The van der Waals surface area contributed by atoms with Crippen molar-refractivity contribution in [3.63, 3.8) is 0 Å². The third-order valence-corrected chi connectivity index (χ3v) is 5.34. The van der Waals surface area contributed by atoms with Crippen molar-refractivity contribution < 1.29 is 13.9 Å². The summed E-state index contributed by atoms with van der Waals surface area (Å²) in [5, 5.41) is 8.20. The molecule has 0 bridgehead atoms. The van der Waals surface area contributed by atoms with E-state index in [0.29, 0.717) is 69.2 Å². The maximum absolute atomic E-state index is 12.7. The molecule has 0 N–H and O–H groups in total. The fourth-order valence-electron chi connectivity index (χ4n) is 3.58. The van der Waals surface area contributed by atoms with E-state index < -0.39 is 0 Å². The van der Waals surface area contributed by atoms with Gasteiger partial charge in [0.1, 0.15) is 0 Å². The molecule has 9 heteroatoms. The molecule has 0 spiro atoms. The molecule has 32 heavy (non-hydrogen) atoms. The zero-order valence-electron chi connectivity index (χ0n) is 18.7. The Morgan fingerprint density at radius 2 is 1.81 bits per heavy atom. The monoisotopic (exact) mass is 436 g/mol. The first-order chi connectivity index (χ1) is 15.5. The summed E-state index contributed by atoms with van der Waals surface area (Å²) < 4.78 is 11.3. The Bertz CT molecular complexity index is 1060. The molecule has 3 aromatic rings. The summed E-state index contributed by atoms with van der Waals surface area (Å²) in [6, 6.07) is 9.73. The van der Waals surface area contributed by atoms with Crippen LogP contribution in [0.3, 0.4) is 0 Å². The number of carbonyl (C=O) groups is 1. The highest BCUT2D eigenvalue weighted by molar-refractivity contribution is 5.76. The molecule has 0 unspecified atom stereocenters. The van der Waals surface area contributed by atoms with Gasteiger partial charge in [-0.2, -0.15) is 4.98 Å². The number of amides is 1. The molecule has 3 heterocycles. The van der Waals surface area contributed by atoms with Gasteiger partial charge in [0.15, 0.2) is 0 Å². The molecule has 4 rings (SSSR count). The van der Waals surface area contributed by atoms with Gasteiger partial charge in [0.25, 0.3) is 0 Å². The van der Waals surface area contributed by atoms with Crippen molar-refractivity contribution in [1.82, 2.24) is 25.1 Å². The fraction of sp³-hybridized carbons (Fsp3) is 0.435. The molecule has 1 aliphatic heterocycles. The van der Waals surface area contributed by atoms with Crippen LogP contribution in [0.1, 0.15) is 30.5 Å². The zero-order valence-corrected chi connectivity index (χ0v) is 18.7. The summed E-state index contributed by atoms with van der Waals surface area (Å²) in [5.41, 5.74) is 2.91. The zero-order chi connectivity index (χ0) is 22.5. The second-order valence-electron chi connectivity index (χ2n) is 7.82. The summed E-state index contributed by atoms with van der Waals surface area (Å²) in [5.74, 6) is 2.27. The molecule has 0 aliphatic carbocycles. The Morgan fingerprint density at radius 1 is 1.06 bits per heavy atom. The number of nitrogens with zero attached hydrogens (tertiary/aromatic N) is 6. The Kier molecular flexibility index (Phi) is 6.63. The molecule has 1 fully saturated rings. The number of rotatable bonds is 7. The first-order valence-electron chi connectivity index (χ1n) is 10.9. The molecule has 0 radical (unpaired) electrons. The van der Waals surface area contributed by atoms with Gasteiger partial charge in [-0.3, -0.25) is 4.79 Å². The minimum absolute atomic E-state index is 0.0832. The van der Waals surface area contributed by atoms with E-state index in [2.05, 4.69) is 25.1 Å². The van der Waals surface area contributed by atoms with E-state index in [-0.39, 0.29) is 5.91 Å². The summed E-state index contributed by atoms with van der Waals surface area (Å²) in [6.07, 6.45) is 0.765. The van der Waals surface area contributed by atoms with E-state index in [9.17, 15) is 4.79 Å². The molecule has 2 aromatic heterocycles. The first kappa shape index (κ1) is 21.7. The number of anilines is 1. The SMILES string of the molecule is CCOc1cc(C)nc(N2CCN(C(=O)CCc3nnc(-c4ccc(C)cc4)o3)CC2)n1. The minimum Gasteiger partial charge on any atom is -0.478 e. The highest BCUT2D eigenvalue weighted by Gasteiger charge is 2.23. The van der Waals surface area contributed by atoms with Gasteiger partial charge >= 0.3 is 0 Å². The molecule has 1 aliphatic rings. The van der Waals surface area contributed by atoms with Crippen molar-refractivity contribution in [2.24, 2.45) is 0 Å². The molecule has 1 saturated heterocycles. The van der Waals surface area contributed by atoms with Crippen LogP contribution >= 0.6 is 0 Å². The van der Waals surface area contributed by atoms with Crippen LogP contribution in [-0.4, -0.2) is 63.8 Å². The van der Waals surface area contributed by atoms with Crippen molar-refractivity contribution in [2.75, 3.05) is 37.7 Å². The lowest BCUT2D eigenvalue weighted by atomic mass is 10.1. The van der Waals surface area contributed by atoms with Gasteiger partial charge in [-0.25, -0.2) is 4.98 Å². The molecule has 168 valence electrons. The topological polar surface area (TPSA) is 97.5 Å². The lowest BCUT2D eigenvalue weighted by Gasteiger charge is -2.34. The average molecular weight is 437 g/mol. The standard InChI is InChI=1S/C23H28N6O3/c1-4-31-20-15-17(3)24-23(25-20)29-13-11-28(12-14-29)21(30)10-9-19-26-27-22(32-19)18-7-5-16(2)6-8-18/h5-8,15H,4,9-14H2,1-3H3. The quantitative estimate of drug-likeness (QED) is 0.558. The van der Waals surface area contributed by atoms with Gasteiger partial charge in [-0.15, -0.1) is 10.2 Å². The number of aryl methyl sites for hydroxylation is 3. The number of piperazine rings is 1. The Hall–Kier alpha value is -3.49. The summed E-state index contributed by atoms with van der Waals surface area (Å²) in [4.78, 5) is 25.7. The van der Waals surface area contributed by atoms with Gasteiger partial charge in [0.2, 0.25) is 29.5 Å². The number of hydrogen-bond acceptors (Lipinski definition) is 8. The molecule has 1 aromatic carbocycles. The van der Waals surface area contributed by atoms with E-state index in [1.54, 1.807) is 0 Å². The highest BCUT2D eigenvalue weighted by atomic mass is 16.5. The lowest BCUT2D eigenvalue weighted by molar-refractivity contribution is -0.131. The average Bonchev–Trinajstić information content (AvgIpc) is 3.27. The van der Waals surface area contributed by atoms with Gasteiger partial charge < -0.3 is 19.0 Å². The maximum Gasteiger partial charge on any atom is 0.247 e. The van der Waals surface area contributed by atoms with Crippen molar-refractivity contribution >= 4 is 11.9 Å². The minimum atomic E-state index is 0.0832. The summed E-state index contributed by atoms with van der Waals surface area (Å²) >= 11 is 0. The number of benzene rings is 1. The number of aromatic nitrogens is 4. The fourth-order valence-corrected chi connectivity index (χ4v) is 3.58. The van der Waals surface area contributed by atoms with Crippen molar-refractivity contribution in [1.29, 1.82) is 0 Å². The Balaban J connectivity index is 1.28. The van der Waals surface area contributed by atoms with Crippen LogP contribution in [0.4, 0.5) is 5.95 Å². The van der Waals surface area contributed by atoms with Crippen LogP contribution < -0.4 is 9.64 Å². The second kappa shape index (κ2) is 9.76. The normalized spacial score (nSPS) is 14.0. The van der Waals surface area contributed by atoms with E-state index >= 15 is 0 Å². The van der Waals surface area contributed by atoms with Crippen LogP contribution in [0, 0.1) is 13.8 Å². The predicted molar refractivity (Wildman–Crippen MR) is 120 cm³/mol. The van der Waals surface area contributed by atoms with E-state index in [1.807, 2.05) is 56.0 Å². The predicted octanol–water partition coefficient (Wildman–Crippen LogP) is 2.82. The molecule has 0 atom stereocenters. The maximum atomic E-state index is 12.7. The third kappa shape index (κ3) is 5.22. The number of hydrogen-bond donors (Lipinski definition) is 0. The largest absolute Gasteiger partial charge is 0.478 e. The smallest absolute Gasteiger partial charge is 0.247 e. The van der Waals surface area contributed by atoms with E-state index in [4.69, 9.17) is 9.15 Å². The molecule has 9 nitrogen and oxygen atoms in total. The van der Waals surface area contributed by atoms with Crippen LogP contribution in [0.5, 0.6) is 5.88 Å². The number of carbonyl (C=O) groups excluding carboxylic acids is 1. The van der Waals surface area contributed by atoms with Crippen LogP contribution in [0.25, 0.3) is 11.5 Å². The summed E-state index contributed by atoms with van der Waals surface area (Å²) in [7, 11) is 0. The van der Waals surface area contributed by atoms with Crippen LogP contribution in [0.15, 0.2) is 34.7 Å². The van der Waals surface area contributed by atoms with Gasteiger partial charge in [0, 0.05) is 56.3 Å². The Labute approximate surface area is 187 Å². The summed E-state index contributed by atoms with van der Waals surface area (Å²) in [6.45, 7) is 9.05. The molecule has 0 saturated carbocycles. The highest BCUT2D eigenvalue weighted by Crippen LogP contribution is 2.20. The van der Waals surface area contributed by atoms with Gasteiger partial charge in [0.05, 0.1) is 6.61 Å². The lowest BCUT2D eigenvalue weighted by Crippen LogP contribution is -2.49. The van der Waals surface area contributed by atoms with Crippen LogP contribution in [0.2, 0.25) is 0 Å². The van der Waals surface area contributed by atoms with E-state index in [1.165, 1.54) is 5.56 Å². The molecule has 1 amide bonds. The van der Waals surface area contributed by atoms with E-state index in [0.717, 1.165) is 11.3 Å². The van der Waals surface area contributed by atoms with Gasteiger partial charge in [-0.05, 0) is 32.9 Å². The number of ether oxygens (including phenoxy) is 1. The van der Waals surface area contributed by atoms with Crippen molar-refractivity contribution in [2.45, 2.75) is 33.6 Å². The van der Waals surface area contributed by atoms with Crippen molar-refractivity contribution in [3.8, 4) is 17.3 Å². The van der Waals surface area contributed by atoms with Gasteiger partial charge in [-0.1, -0.05) is 17.7 Å². The second-order valence-corrected chi connectivity index (χ2v) is 7.82.